The number of hydrogen-bond acceptors (Lipinski definition) is 3. The number of nitrogens with one attached hydrogen (secondary N) is 1. The Labute approximate surface area is 96.7 Å². The van der Waals surface area contributed by atoms with Crippen LogP contribution in [0.5, 0.6) is 0 Å². The summed E-state index contributed by atoms with van der Waals surface area (Å²) in [6.45, 7) is 0.630. The van der Waals surface area contributed by atoms with Crippen LogP contribution < -0.4 is 5.32 Å². The molecule has 92 valence electrons. The summed E-state index contributed by atoms with van der Waals surface area (Å²) >= 11 is 0. The smallest absolute Gasteiger partial charge is 0.220 e. The molecule has 1 aliphatic carbocycles. The maximum absolute atomic E-state index is 11.5. The van der Waals surface area contributed by atoms with Gasteiger partial charge >= 0.3 is 0 Å². The Balaban J connectivity index is 2.13. The Morgan fingerprint density at radius 1 is 1.38 bits per heavy atom. The number of carbonyl (C=O) groups excluding carboxylic acids is 2. The highest BCUT2D eigenvalue weighted by Gasteiger charge is 2.21. The zero-order valence-corrected chi connectivity index (χ0v) is 9.91. The Morgan fingerprint density at radius 2 is 2.06 bits per heavy atom. The van der Waals surface area contributed by atoms with Crippen LogP contribution >= 0.6 is 0 Å². The van der Waals surface area contributed by atoms with E-state index >= 15 is 0 Å². The average Bonchev–Trinajstić information content (AvgIpc) is 2.30. The van der Waals surface area contributed by atoms with Gasteiger partial charge in [-0.25, -0.2) is 0 Å². The summed E-state index contributed by atoms with van der Waals surface area (Å²) in [6.07, 6.45) is 6.02. The fourth-order valence-corrected chi connectivity index (χ4v) is 2.08. The minimum Gasteiger partial charge on any atom is -0.385 e. The van der Waals surface area contributed by atoms with E-state index in [1.807, 2.05) is 0 Å². The summed E-state index contributed by atoms with van der Waals surface area (Å²) in [7, 11) is 1.64. The van der Waals surface area contributed by atoms with E-state index in [0.717, 1.165) is 38.4 Å². The van der Waals surface area contributed by atoms with Crippen molar-refractivity contribution in [2.45, 2.75) is 44.6 Å². The maximum Gasteiger partial charge on any atom is 0.220 e. The molecule has 1 amide bonds. The molecule has 1 N–H and O–H groups in total. The number of ether oxygens (including phenoxy) is 1. The molecule has 16 heavy (non-hydrogen) atoms. The van der Waals surface area contributed by atoms with Gasteiger partial charge in [-0.2, -0.15) is 0 Å². The molecule has 0 saturated heterocycles. The lowest BCUT2D eigenvalue weighted by atomic mass is 9.87. The molecule has 4 nitrogen and oxygen atoms in total. The fourth-order valence-electron chi connectivity index (χ4n) is 2.08. The van der Waals surface area contributed by atoms with Crippen LogP contribution in [0.2, 0.25) is 0 Å². The molecule has 0 radical (unpaired) electrons. The topological polar surface area (TPSA) is 55.4 Å². The van der Waals surface area contributed by atoms with Gasteiger partial charge in [0.25, 0.3) is 0 Å². The second kappa shape index (κ2) is 7.39. The molecule has 0 aliphatic heterocycles. The molecular formula is C12H21NO3. The van der Waals surface area contributed by atoms with E-state index in [2.05, 4.69) is 5.32 Å². The van der Waals surface area contributed by atoms with Crippen molar-refractivity contribution in [1.29, 1.82) is 0 Å². The van der Waals surface area contributed by atoms with Crippen molar-refractivity contribution >= 4 is 12.2 Å². The van der Waals surface area contributed by atoms with Gasteiger partial charge in [0.15, 0.2) is 0 Å². The molecule has 1 fully saturated rings. The highest BCUT2D eigenvalue weighted by Crippen LogP contribution is 2.22. The summed E-state index contributed by atoms with van der Waals surface area (Å²) in [4.78, 5) is 22.1. The van der Waals surface area contributed by atoms with Gasteiger partial charge in [-0.15, -0.1) is 0 Å². The van der Waals surface area contributed by atoms with Crippen LogP contribution in [-0.4, -0.2) is 32.0 Å². The van der Waals surface area contributed by atoms with Crippen molar-refractivity contribution in [3.63, 3.8) is 0 Å². The number of rotatable bonds is 6. The maximum atomic E-state index is 11.5. The van der Waals surface area contributed by atoms with Crippen LogP contribution in [0.1, 0.15) is 38.5 Å². The van der Waals surface area contributed by atoms with Crippen molar-refractivity contribution in [3.05, 3.63) is 0 Å². The highest BCUT2D eigenvalue weighted by atomic mass is 16.5. The van der Waals surface area contributed by atoms with Crippen molar-refractivity contribution in [2.75, 3.05) is 13.7 Å². The summed E-state index contributed by atoms with van der Waals surface area (Å²) in [6, 6.07) is 0.270. The second-order valence-corrected chi connectivity index (χ2v) is 4.41. The largest absolute Gasteiger partial charge is 0.385 e. The van der Waals surface area contributed by atoms with Crippen LogP contribution in [0.4, 0.5) is 0 Å². The summed E-state index contributed by atoms with van der Waals surface area (Å²) in [5.74, 6) is 0.313. The SMILES string of the molecule is COCCCC(=O)NC1CCC(C=O)CC1. The molecule has 4 heteroatoms. The lowest BCUT2D eigenvalue weighted by molar-refractivity contribution is -0.122. The van der Waals surface area contributed by atoms with Crippen LogP contribution in [0, 0.1) is 5.92 Å². The number of hydrogen-bond donors (Lipinski definition) is 1. The van der Waals surface area contributed by atoms with Crippen LogP contribution in [0.25, 0.3) is 0 Å². The van der Waals surface area contributed by atoms with Crippen molar-refractivity contribution in [2.24, 2.45) is 5.92 Å². The first-order valence-electron chi connectivity index (χ1n) is 6.00. The zero-order valence-electron chi connectivity index (χ0n) is 9.91. The minimum absolute atomic E-state index is 0.103. The van der Waals surface area contributed by atoms with Crippen LogP contribution in [0.15, 0.2) is 0 Å². The summed E-state index contributed by atoms with van der Waals surface area (Å²) < 4.78 is 4.89. The van der Waals surface area contributed by atoms with Gasteiger partial charge < -0.3 is 14.8 Å². The van der Waals surface area contributed by atoms with Gasteiger partial charge in [0.1, 0.15) is 6.29 Å². The first-order valence-corrected chi connectivity index (χ1v) is 6.00. The van der Waals surface area contributed by atoms with Crippen molar-refractivity contribution < 1.29 is 14.3 Å². The molecule has 0 aromatic heterocycles. The van der Waals surface area contributed by atoms with Gasteiger partial charge in [-0.1, -0.05) is 0 Å². The normalized spacial score (nSPS) is 25.1. The van der Waals surface area contributed by atoms with E-state index in [1.165, 1.54) is 0 Å². The van der Waals surface area contributed by atoms with Crippen molar-refractivity contribution in [3.8, 4) is 0 Å². The van der Waals surface area contributed by atoms with Crippen LogP contribution in [-0.2, 0) is 14.3 Å². The Morgan fingerprint density at radius 3 is 2.62 bits per heavy atom. The number of amides is 1. The first-order chi connectivity index (χ1) is 7.76. The number of aldehydes is 1. The van der Waals surface area contributed by atoms with E-state index in [4.69, 9.17) is 4.74 Å². The Bertz CT molecular complexity index is 222. The van der Waals surface area contributed by atoms with E-state index < -0.39 is 0 Å². The molecule has 0 unspecified atom stereocenters. The fraction of sp³-hybridized carbons (Fsp3) is 0.833. The molecule has 0 aromatic carbocycles. The second-order valence-electron chi connectivity index (χ2n) is 4.41. The molecular weight excluding hydrogens is 206 g/mol. The molecule has 0 bridgehead atoms. The predicted octanol–water partition coefficient (Wildman–Crippen LogP) is 1.29. The van der Waals surface area contributed by atoms with E-state index in [0.29, 0.717) is 13.0 Å². The lowest BCUT2D eigenvalue weighted by Gasteiger charge is -2.26. The molecule has 0 aromatic rings. The molecule has 1 aliphatic rings. The van der Waals surface area contributed by atoms with Gasteiger partial charge in [0.2, 0.25) is 5.91 Å². The van der Waals surface area contributed by atoms with E-state index in [1.54, 1.807) is 7.11 Å². The Kier molecular flexibility index (Phi) is 6.08. The van der Waals surface area contributed by atoms with Crippen molar-refractivity contribution in [1.82, 2.24) is 5.32 Å². The average molecular weight is 227 g/mol. The standard InChI is InChI=1S/C12H21NO3/c1-16-8-2-3-12(15)13-11-6-4-10(9-14)5-7-11/h9-11H,2-8H2,1H3,(H,13,15). The van der Waals surface area contributed by atoms with Gasteiger partial charge in [-0.05, 0) is 32.1 Å². The molecule has 0 atom stereocenters. The minimum atomic E-state index is 0.103. The summed E-state index contributed by atoms with van der Waals surface area (Å²) in [5.41, 5.74) is 0. The van der Waals surface area contributed by atoms with E-state index in [-0.39, 0.29) is 17.9 Å². The van der Waals surface area contributed by atoms with Crippen LogP contribution in [0.3, 0.4) is 0 Å². The molecule has 0 spiro atoms. The highest BCUT2D eigenvalue weighted by molar-refractivity contribution is 5.76. The molecule has 0 heterocycles. The first kappa shape index (κ1) is 13.2. The third-order valence-corrected chi connectivity index (χ3v) is 3.08. The van der Waals surface area contributed by atoms with Gasteiger partial charge in [-0.3, -0.25) is 4.79 Å². The summed E-state index contributed by atoms with van der Waals surface area (Å²) in [5, 5.41) is 3.01. The molecule has 1 rings (SSSR count). The number of carbonyl (C=O) groups is 2. The van der Waals surface area contributed by atoms with Gasteiger partial charge in [0, 0.05) is 32.1 Å². The quantitative estimate of drug-likeness (QED) is 0.549. The third kappa shape index (κ3) is 4.75. The monoisotopic (exact) mass is 227 g/mol. The zero-order chi connectivity index (χ0) is 11.8. The Hall–Kier alpha value is -0.900. The van der Waals surface area contributed by atoms with Gasteiger partial charge in [0.05, 0.1) is 0 Å². The third-order valence-electron chi connectivity index (χ3n) is 3.08. The predicted molar refractivity (Wildman–Crippen MR) is 61.1 cm³/mol. The molecule has 1 saturated carbocycles. The van der Waals surface area contributed by atoms with E-state index in [9.17, 15) is 9.59 Å². The lowest BCUT2D eigenvalue weighted by Crippen LogP contribution is -2.37. The number of methoxy groups -OCH3 is 1.